The number of aromatic nitrogens is 2. The Bertz CT molecular complexity index is 517. The highest BCUT2D eigenvalue weighted by Gasteiger charge is 2.07. The van der Waals surface area contributed by atoms with E-state index in [1.807, 2.05) is 6.07 Å². The number of pyridine rings is 1. The van der Waals surface area contributed by atoms with Gasteiger partial charge in [0.1, 0.15) is 0 Å². The van der Waals surface area contributed by atoms with Crippen LogP contribution in [-0.2, 0) is 11.2 Å². The Morgan fingerprint density at radius 3 is 3.00 bits per heavy atom. The summed E-state index contributed by atoms with van der Waals surface area (Å²) in [4.78, 5) is 11.3. The molecule has 4 heteroatoms. The molecule has 0 aliphatic carbocycles. The highest BCUT2D eigenvalue weighted by molar-refractivity contribution is 5.90. The molecule has 2 heterocycles. The summed E-state index contributed by atoms with van der Waals surface area (Å²) in [5.41, 5.74) is 2.52. The van der Waals surface area contributed by atoms with E-state index < -0.39 is 0 Å². The van der Waals surface area contributed by atoms with E-state index in [-0.39, 0.29) is 5.97 Å². The quantitative estimate of drug-likeness (QED) is 0.741. The van der Waals surface area contributed by atoms with Crippen molar-refractivity contribution in [2.24, 2.45) is 0 Å². The van der Waals surface area contributed by atoms with Crippen LogP contribution in [-0.4, -0.2) is 22.7 Å². The number of fused-ring (bicyclic) bond motifs is 1. The van der Waals surface area contributed by atoms with Crippen LogP contribution in [0.1, 0.15) is 29.4 Å². The second-order valence-electron chi connectivity index (χ2n) is 3.66. The molecule has 2 aromatic heterocycles. The predicted octanol–water partition coefficient (Wildman–Crippen LogP) is 2.07. The van der Waals surface area contributed by atoms with Crippen LogP contribution in [0.25, 0.3) is 5.52 Å². The van der Waals surface area contributed by atoms with Crippen molar-refractivity contribution in [1.29, 1.82) is 0 Å². The first-order valence-corrected chi connectivity index (χ1v) is 5.31. The molecule has 0 fully saturated rings. The van der Waals surface area contributed by atoms with Crippen LogP contribution in [0.15, 0.2) is 24.4 Å². The van der Waals surface area contributed by atoms with Gasteiger partial charge >= 0.3 is 5.97 Å². The van der Waals surface area contributed by atoms with Gasteiger partial charge in [0.25, 0.3) is 0 Å². The molecular weight excluding hydrogens is 204 g/mol. The van der Waals surface area contributed by atoms with Crippen molar-refractivity contribution in [1.82, 2.24) is 9.61 Å². The Morgan fingerprint density at radius 1 is 1.50 bits per heavy atom. The molecule has 4 nitrogen and oxygen atoms in total. The molecule has 0 spiro atoms. The normalized spacial score (nSPS) is 10.6. The molecule has 0 bridgehead atoms. The molecule has 0 aromatic carbocycles. The molecule has 0 N–H and O–H groups in total. The Labute approximate surface area is 93.8 Å². The minimum atomic E-state index is -0.319. The van der Waals surface area contributed by atoms with Gasteiger partial charge in [0.15, 0.2) is 0 Å². The minimum absolute atomic E-state index is 0.319. The van der Waals surface area contributed by atoms with Crippen LogP contribution < -0.4 is 0 Å². The topological polar surface area (TPSA) is 43.6 Å². The van der Waals surface area contributed by atoms with Crippen LogP contribution in [0.4, 0.5) is 0 Å². The summed E-state index contributed by atoms with van der Waals surface area (Å²) >= 11 is 0. The summed E-state index contributed by atoms with van der Waals surface area (Å²) in [6, 6.07) is 5.50. The third kappa shape index (κ3) is 1.91. The molecule has 0 amide bonds. The fourth-order valence-corrected chi connectivity index (χ4v) is 1.67. The van der Waals surface area contributed by atoms with Gasteiger partial charge in [-0.25, -0.2) is 9.31 Å². The lowest BCUT2D eigenvalue weighted by molar-refractivity contribution is 0.0600. The first-order chi connectivity index (χ1) is 7.74. The van der Waals surface area contributed by atoms with Gasteiger partial charge < -0.3 is 4.74 Å². The lowest BCUT2D eigenvalue weighted by Crippen LogP contribution is -2.01. The van der Waals surface area contributed by atoms with Gasteiger partial charge in [-0.2, -0.15) is 5.10 Å². The van der Waals surface area contributed by atoms with Crippen LogP contribution in [0, 0.1) is 0 Å². The lowest BCUT2D eigenvalue weighted by atomic mass is 10.2. The van der Waals surface area contributed by atoms with E-state index in [1.54, 1.807) is 22.8 Å². The molecule has 0 aliphatic rings. The average Bonchev–Trinajstić information content (AvgIpc) is 2.69. The largest absolute Gasteiger partial charge is 0.465 e. The Balaban J connectivity index is 2.41. The second kappa shape index (κ2) is 4.35. The first kappa shape index (κ1) is 10.7. The Kier molecular flexibility index (Phi) is 2.90. The monoisotopic (exact) mass is 218 g/mol. The van der Waals surface area contributed by atoms with E-state index in [9.17, 15) is 4.79 Å². The predicted molar refractivity (Wildman–Crippen MR) is 60.5 cm³/mol. The average molecular weight is 218 g/mol. The van der Waals surface area contributed by atoms with Gasteiger partial charge in [0, 0.05) is 6.20 Å². The fourth-order valence-electron chi connectivity index (χ4n) is 1.67. The lowest BCUT2D eigenvalue weighted by Gasteiger charge is -1.98. The zero-order chi connectivity index (χ0) is 11.5. The van der Waals surface area contributed by atoms with Gasteiger partial charge in [-0.1, -0.05) is 13.3 Å². The van der Waals surface area contributed by atoms with E-state index in [2.05, 4.69) is 16.8 Å². The Hall–Kier alpha value is -1.84. The van der Waals surface area contributed by atoms with E-state index in [1.165, 1.54) is 7.11 Å². The van der Waals surface area contributed by atoms with Crippen molar-refractivity contribution in [3.8, 4) is 0 Å². The van der Waals surface area contributed by atoms with Crippen LogP contribution in [0.2, 0.25) is 0 Å². The summed E-state index contributed by atoms with van der Waals surface area (Å²) < 4.78 is 6.45. The number of esters is 1. The van der Waals surface area contributed by atoms with Crippen molar-refractivity contribution in [3.63, 3.8) is 0 Å². The molecule has 0 saturated heterocycles. The first-order valence-electron chi connectivity index (χ1n) is 5.31. The summed E-state index contributed by atoms with van der Waals surface area (Å²) in [5.74, 6) is -0.319. The standard InChI is InChI=1S/C12H14N2O2/c1-3-4-10-8-11-7-9(12(15)16-2)5-6-14(11)13-10/h5-8H,3-4H2,1-2H3. The molecule has 84 valence electrons. The maximum atomic E-state index is 11.3. The van der Waals surface area contributed by atoms with Crippen molar-refractivity contribution in [2.45, 2.75) is 19.8 Å². The number of carbonyl (C=O) groups is 1. The van der Waals surface area contributed by atoms with Crippen LogP contribution in [0.5, 0.6) is 0 Å². The van der Waals surface area contributed by atoms with Crippen molar-refractivity contribution in [3.05, 3.63) is 35.7 Å². The van der Waals surface area contributed by atoms with Gasteiger partial charge in [-0.3, -0.25) is 0 Å². The van der Waals surface area contributed by atoms with E-state index in [4.69, 9.17) is 0 Å². The fraction of sp³-hybridized carbons (Fsp3) is 0.333. The summed E-state index contributed by atoms with van der Waals surface area (Å²) in [5, 5.41) is 4.39. The van der Waals surface area contributed by atoms with Gasteiger partial charge in [-0.15, -0.1) is 0 Å². The number of ether oxygens (including phenoxy) is 1. The minimum Gasteiger partial charge on any atom is -0.465 e. The van der Waals surface area contributed by atoms with Gasteiger partial charge in [-0.05, 0) is 24.6 Å². The summed E-state index contributed by atoms with van der Waals surface area (Å²) in [6.07, 6.45) is 3.80. The third-order valence-electron chi connectivity index (χ3n) is 2.44. The molecule has 0 radical (unpaired) electrons. The zero-order valence-electron chi connectivity index (χ0n) is 9.43. The van der Waals surface area contributed by atoms with Crippen LogP contribution in [0.3, 0.4) is 0 Å². The molecule has 2 aromatic rings. The number of carbonyl (C=O) groups excluding carboxylic acids is 1. The van der Waals surface area contributed by atoms with E-state index in [0.717, 1.165) is 24.1 Å². The van der Waals surface area contributed by atoms with E-state index >= 15 is 0 Å². The SMILES string of the molecule is CCCc1cc2cc(C(=O)OC)ccn2n1. The van der Waals surface area contributed by atoms with Gasteiger partial charge in [0.2, 0.25) is 0 Å². The molecule has 0 aliphatic heterocycles. The molecular formula is C12H14N2O2. The highest BCUT2D eigenvalue weighted by Crippen LogP contribution is 2.11. The summed E-state index contributed by atoms with van der Waals surface area (Å²) in [7, 11) is 1.38. The number of rotatable bonds is 3. The smallest absolute Gasteiger partial charge is 0.337 e. The third-order valence-corrected chi connectivity index (χ3v) is 2.44. The van der Waals surface area contributed by atoms with Crippen LogP contribution >= 0.6 is 0 Å². The maximum Gasteiger partial charge on any atom is 0.337 e. The van der Waals surface area contributed by atoms with Crippen molar-refractivity contribution >= 4 is 11.5 Å². The Morgan fingerprint density at radius 2 is 2.31 bits per heavy atom. The molecule has 0 unspecified atom stereocenters. The molecule has 0 saturated carbocycles. The van der Waals surface area contributed by atoms with Gasteiger partial charge in [0.05, 0.1) is 23.9 Å². The molecule has 0 atom stereocenters. The highest BCUT2D eigenvalue weighted by atomic mass is 16.5. The number of hydrogen-bond acceptors (Lipinski definition) is 3. The maximum absolute atomic E-state index is 11.3. The summed E-state index contributed by atoms with van der Waals surface area (Å²) in [6.45, 7) is 2.11. The van der Waals surface area contributed by atoms with Crippen molar-refractivity contribution in [2.75, 3.05) is 7.11 Å². The van der Waals surface area contributed by atoms with E-state index in [0.29, 0.717) is 5.56 Å². The van der Waals surface area contributed by atoms with Crippen molar-refractivity contribution < 1.29 is 9.53 Å². The number of hydrogen-bond donors (Lipinski definition) is 0. The second-order valence-corrected chi connectivity index (χ2v) is 3.66. The number of methoxy groups -OCH3 is 1. The number of nitrogens with zero attached hydrogens (tertiary/aromatic N) is 2. The molecule has 16 heavy (non-hydrogen) atoms. The number of aryl methyl sites for hydroxylation is 1. The molecule has 2 rings (SSSR count). The zero-order valence-corrected chi connectivity index (χ0v) is 9.43.